The van der Waals surface area contributed by atoms with E-state index in [1.165, 1.54) is 12.1 Å². The molecular weight excluding hydrogens is 309 g/mol. The lowest BCUT2D eigenvalue weighted by Gasteiger charge is -2.18. The van der Waals surface area contributed by atoms with E-state index in [-0.39, 0.29) is 11.7 Å². The number of ether oxygens (including phenoxy) is 2. The van der Waals surface area contributed by atoms with E-state index in [0.29, 0.717) is 24.5 Å². The van der Waals surface area contributed by atoms with Crippen LogP contribution in [0.1, 0.15) is 13.3 Å². The van der Waals surface area contributed by atoms with Gasteiger partial charge in [-0.2, -0.15) is 0 Å². The number of hydrogen-bond donors (Lipinski definition) is 1. The number of rotatable bonds is 8. The van der Waals surface area contributed by atoms with Crippen molar-refractivity contribution in [3.05, 3.63) is 67.0 Å². The van der Waals surface area contributed by atoms with Gasteiger partial charge in [0.05, 0.1) is 0 Å². The van der Waals surface area contributed by atoms with Crippen molar-refractivity contribution < 1.29 is 18.7 Å². The molecule has 2 rings (SSSR count). The van der Waals surface area contributed by atoms with Gasteiger partial charge in [0.15, 0.2) is 17.7 Å². The first-order valence-electron chi connectivity index (χ1n) is 7.69. The summed E-state index contributed by atoms with van der Waals surface area (Å²) in [7, 11) is 0. The standard InChI is InChI=1S/C19H20FNO3/c1-3-12-23-15-9-7-8-14(13-15)21-19(22)17(4-2)24-18-11-6-5-10-16(18)20/h3,5-11,13,17H,1,4,12H2,2H3,(H,21,22)/t17-/m0/s1. The van der Waals surface area contributed by atoms with Gasteiger partial charge < -0.3 is 14.8 Å². The van der Waals surface area contributed by atoms with Crippen LogP contribution in [0.2, 0.25) is 0 Å². The van der Waals surface area contributed by atoms with Gasteiger partial charge in [0, 0.05) is 11.8 Å². The molecule has 0 spiro atoms. The summed E-state index contributed by atoms with van der Waals surface area (Å²) in [6.07, 6.45) is 1.26. The van der Waals surface area contributed by atoms with Crippen molar-refractivity contribution in [3.63, 3.8) is 0 Å². The Labute approximate surface area is 140 Å². The van der Waals surface area contributed by atoms with Crippen LogP contribution in [0.5, 0.6) is 11.5 Å². The van der Waals surface area contributed by atoms with E-state index in [0.717, 1.165) is 0 Å². The SMILES string of the molecule is C=CCOc1cccc(NC(=O)[C@H](CC)Oc2ccccc2F)c1. The average Bonchev–Trinajstić information content (AvgIpc) is 2.59. The fraction of sp³-hybridized carbons (Fsp3) is 0.211. The summed E-state index contributed by atoms with van der Waals surface area (Å²) in [5.41, 5.74) is 0.581. The molecule has 1 N–H and O–H groups in total. The van der Waals surface area contributed by atoms with Crippen LogP contribution in [0.4, 0.5) is 10.1 Å². The number of carbonyl (C=O) groups is 1. The second-order valence-corrected chi connectivity index (χ2v) is 5.06. The third-order valence-electron chi connectivity index (χ3n) is 3.24. The fourth-order valence-corrected chi connectivity index (χ4v) is 2.06. The first-order valence-corrected chi connectivity index (χ1v) is 7.69. The molecule has 2 aromatic rings. The number of nitrogens with one attached hydrogen (secondary N) is 1. The minimum absolute atomic E-state index is 0.0579. The van der Waals surface area contributed by atoms with Crippen molar-refractivity contribution >= 4 is 11.6 Å². The Balaban J connectivity index is 2.04. The molecule has 0 saturated heterocycles. The molecule has 1 atom stereocenters. The van der Waals surface area contributed by atoms with E-state index < -0.39 is 11.9 Å². The van der Waals surface area contributed by atoms with Gasteiger partial charge in [-0.25, -0.2) is 4.39 Å². The zero-order valence-electron chi connectivity index (χ0n) is 13.5. The Morgan fingerprint density at radius 3 is 2.79 bits per heavy atom. The molecule has 24 heavy (non-hydrogen) atoms. The number of carbonyl (C=O) groups excluding carboxylic acids is 1. The number of amides is 1. The van der Waals surface area contributed by atoms with E-state index in [1.807, 2.05) is 0 Å². The predicted octanol–water partition coefficient (Wildman–Crippen LogP) is 4.19. The third-order valence-corrected chi connectivity index (χ3v) is 3.24. The minimum Gasteiger partial charge on any atom is -0.489 e. The molecule has 126 valence electrons. The van der Waals surface area contributed by atoms with Gasteiger partial charge in [-0.05, 0) is 30.7 Å². The van der Waals surface area contributed by atoms with Crippen molar-refractivity contribution in [1.29, 1.82) is 0 Å². The highest BCUT2D eigenvalue weighted by Crippen LogP contribution is 2.20. The quantitative estimate of drug-likeness (QED) is 0.739. The van der Waals surface area contributed by atoms with Crippen LogP contribution in [0.15, 0.2) is 61.2 Å². The number of hydrogen-bond acceptors (Lipinski definition) is 3. The smallest absolute Gasteiger partial charge is 0.265 e. The van der Waals surface area contributed by atoms with Gasteiger partial charge >= 0.3 is 0 Å². The van der Waals surface area contributed by atoms with Gasteiger partial charge in [0.1, 0.15) is 12.4 Å². The van der Waals surface area contributed by atoms with E-state index in [2.05, 4.69) is 11.9 Å². The van der Waals surface area contributed by atoms with Gasteiger partial charge in [0.25, 0.3) is 5.91 Å². The molecule has 0 aliphatic rings. The Kier molecular flexibility index (Phi) is 6.37. The van der Waals surface area contributed by atoms with Crippen LogP contribution in [0.25, 0.3) is 0 Å². The number of halogens is 1. The highest BCUT2D eigenvalue weighted by Gasteiger charge is 2.20. The molecule has 2 aromatic carbocycles. The van der Waals surface area contributed by atoms with Crippen molar-refractivity contribution in [2.45, 2.75) is 19.4 Å². The first kappa shape index (κ1) is 17.5. The van der Waals surface area contributed by atoms with Gasteiger partial charge in [-0.1, -0.05) is 37.8 Å². The van der Waals surface area contributed by atoms with Gasteiger partial charge in [-0.3, -0.25) is 4.79 Å². The zero-order chi connectivity index (χ0) is 17.4. The minimum atomic E-state index is -0.792. The van der Waals surface area contributed by atoms with E-state index in [4.69, 9.17) is 9.47 Å². The van der Waals surface area contributed by atoms with Crippen molar-refractivity contribution in [3.8, 4) is 11.5 Å². The largest absolute Gasteiger partial charge is 0.489 e. The van der Waals surface area contributed by atoms with Crippen molar-refractivity contribution in [1.82, 2.24) is 0 Å². The molecule has 0 aliphatic heterocycles. The summed E-state index contributed by atoms with van der Waals surface area (Å²) < 4.78 is 24.6. The molecule has 0 aliphatic carbocycles. The topological polar surface area (TPSA) is 47.6 Å². The molecule has 0 unspecified atom stereocenters. The Morgan fingerprint density at radius 1 is 1.29 bits per heavy atom. The van der Waals surface area contributed by atoms with Crippen LogP contribution in [-0.4, -0.2) is 18.6 Å². The van der Waals surface area contributed by atoms with Crippen molar-refractivity contribution in [2.24, 2.45) is 0 Å². The number of benzene rings is 2. The van der Waals surface area contributed by atoms with Crippen LogP contribution < -0.4 is 14.8 Å². The second-order valence-electron chi connectivity index (χ2n) is 5.06. The lowest BCUT2D eigenvalue weighted by atomic mass is 10.2. The summed E-state index contributed by atoms with van der Waals surface area (Å²) >= 11 is 0. The Hall–Kier alpha value is -2.82. The lowest BCUT2D eigenvalue weighted by Crippen LogP contribution is -2.32. The molecule has 4 nitrogen and oxygen atoms in total. The summed E-state index contributed by atoms with van der Waals surface area (Å²) in [5, 5.41) is 2.76. The molecule has 0 heterocycles. The zero-order valence-corrected chi connectivity index (χ0v) is 13.5. The fourth-order valence-electron chi connectivity index (χ4n) is 2.06. The predicted molar refractivity (Wildman–Crippen MR) is 91.9 cm³/mol. The van der Waals surface area contributed by atoms with Crippen LogP contribution in [0.3, 0.4) is 0 Å². The molecule has 1 amide bonds. The van der Waals surface area contributed by atoms with E-state index >= 15 is 0 Å². The number of para-hydroxylation sites is 1. The lowest BCUT2D eigenvalue weighted by molar-refractivity contribution is -0.122. The normalized spacial score (nSPS) is 11.4. The van der Waals surface area contributed by atoms with Crippen LogP contribution >= 0.6 is 0 Å². The summed E-state index contributed by atoms with van der Waals surface area (Å²) in [5.74, 6) is -0.163. The van der Waals surface area contributed by atoms with Gasteiger partial charge in [0.2, 0.25) is 0 Å². The summed E-state index contributed by atoms with van der Waals surface area (Å²) in [4.78, 5) is 12.4. The molecule has 0 saturated carbocycles. The van der Waals surface area contributed by atoms with Gasteiger partial charge in [-0.15, -0.1) is 0 Å². The maximum absolute atomic E-state index is 13.7. The number of anilines is 1. The Bertz CT molecular complexity index is 703. The highest BCUT2D eigenvalue weighted by molar-refractivity contribution is 5.94. The average molecular weight is 329 g/mol. The van der Waals surface area contributed by atoms with E-state index in [1.54, 1.807) is 49.4 Å². The molecule has 0 radical (unpaired) electrons. The Morgan fingerprint density at radius 2 is 2.08 bits per heavy atom. The molecule has 5 heteroatoms. The highest BCUT2D eigenvalue weighted by atomic mass is 19.1. The third kappa shape index (κ3) is 4.84. The summed E-state index contributed by atoms with van der Waals surface area (Å²) in [6, 6.07) is 13.0. The van der Waals surface area contributed by atoms with Crippen molar-refractivity contribution in [2.75, 3.05) is 11.9 Å². The summed E-state index contributed by atoms with van der Waals surface area (Å²) in [6.45, 7) is 5.77. The molecular formula is C19H20FNO3. The monoisotopic (exact) mass is 329 g/mol. The van der Waals surface area contributed by atoms with E-state index in [9.17, 15) is 9.18 Å². The maximum atomic E-state index is 13.7. The second kappa shape index (κ2) is 8.72. The van der Waals surface area contributed by atoms with Crippen LogP contribution in [0, 0.1) is 5.82 Å². The molecule has 0 fully saturated rings. The molecule has 0 aromatic heterocycles. The molecule has 0 bridgehead atoms. The first-order chi connectivity index (χ1) is 11.6. The van der Waals surface area contributed by atoms with Crippen LogP contribution in [-0.2, 0) is 4.79 Å². The maximum Gasteiger partial charge on any atom is 0.265 e.